The van der Waals surface area contributed by atoms with Gasteiger partial charge in [0.25, 0.3) is 0 Å². The van der Waals surface area contributed by atoms with Crippen LogP contribution in [0.3, 0.4) is 0 Å². The number of nitrogens with zero attached hydrogens (tertiary/aromatic N) is 5. The van der Waals surface area contributed by atoms with E-state index in [0.717, 1.165) is 53.8 Å². The zero-order valence-corrected chi connectivity index (χ0v) is 19.0. The Morgan fingerprint density at radius 3 is 2.94 bits per heavy atom. The number of hydrogen-bond donors (Lipinski definition) is 1. The van der Waals surface area contributed by atoms with E-state index >= 15 is 0 Å². The third-order valence-electron chi connectivity index (χ3n) is 5.40. The number of benzene rings is 1. The maximum Gasteiger partial charge on any atom is 0.238 e. The quantitative estimate of drug-likeness (QED) is 0.500. The van der Waals surface area contributed by atoms with Crippen molar-refractivity contribution in [3.05, 3.63) is 72.6 Å². The predicted molar refractivity (Wildman–Crippen MR) is 129 cm³/mol. The molecule has 1 aliphatic heterocycles. The minimum atomic E-state index is -0.00826. The van der Waals surface area contributed by atoms with Crippen molar-refractivity contribution in [2.45, 2.75) is 29.7 Å². The van der Waals surface area contributed by atoms with Crippen molar-refractivity contribution < 1.29 is 4.79 Å². The Labute approximate surface area is 193 Å². The van der Waals surface area contributed by atoms with E-state index in [0.29, 0.717) is 12.6 Å². The first-order valence-corrected chi connectivity index (χ1v) is 11.8. The van der Waals surface area contributed by atoms with E-state index in [4.69, 9.17) is 0 Å². The second-order valence-electron chi connectivity index (χ2n) is 7.97. The lowest BCUT2D eigenvalue weighted by Gasteiger charge is -2.28. The molecule has 1 unspecified atom stereocenters. The number of carbonyl (C=O) groups is 1. The van der Waals surface area contributed by atoms with Crippen LogP contribution >= 0.6 is 11.8 Å². The van der Waals surface area contributed by atoms with Gasteiger partial charge in [-0.2, -0.15) is 5.10 Å². The first-order valence-electron chi connectivity index (χ1n) is 10.8. The number of amides is 1. The smallest absolute Gasteiger partial charge is 0.238 e. The summed E-state index contributed by atoms with van der Waals surface area (Å²) in [6.07, 6.45) is 5.72. The summed E-state index contributed by atoms with van der Waals surface area (Å²) in [4.78, 5) is 21.4. The largest absolute Gasteiger partial charge is 0.351 e. The predicted octanol–water partition coefficient (Wildman–Crippen LogP) is 3.70. The highest BCUT2D eigenvalue weighted by Gasteiger charge is 2.27. The summed E-state index contributed by atoms with van der Waals surface area (Å²) in [7, 11) is 1.99. The van der Waals surface area contributed by atoms with E-state index in [1.807, 2.05) is 55.6 Å². The second-order valence-corrected chi connectivity index (χ2v) is 8.97. The molecule has 7 nitrogen and oxygen atoms in total. The Morgan fingerprint density at radius 2 is 2.12 bits per heavy atom. The normalized spacial score (nSPS) is 15.8. The van der Waals surface area contributed by atoms with Crippen LogP contribution in [-0.2, 0) is 10.5 Å². The molecule has 0 aliphatic carbocycles. The van der Waals surface area contributed by atoms with Crippen molar-refractivity contribution in [3.8, 4) is 0 Å². The zero-order valence-electron chi connectivity index (χ0n) is 18.2. The SMILES string of the molecule is CN(CC(=O)Nc1cccc(CSc2ccccn2)c1)CC1CCCN1c1cccnn1. The molecule has 4 rings (SSSR count). The average Bonchev–Trinajstić information content (AvgIpc) is 3.27. The van der Waals surface area contributed by atoms with E-state index in [-0.39, 0.29) is 5.91 Å². The molecular formula is C24H28N6OS. The van der Waals surface area contributed by atoms with Gasteiger partial charge in [0.2, 0.25) is 5.91 Å². The molecule has 1 aliphatic rings. The summed E-state index contributed by atoms with van der Waals surface area (Å²) in [6, 6.07) is 18.2. The second kappa shape index (κ2) is 11.1. The molecule has 1 atom stereocenters. The monoisotopic (exact) mass is 448 g/mol. The molecule has 2 aromatic heterocycles. The van der Waals surface area contributed by atoms with Gasteiger partial charge in [-0.1, -0.05) is 18.2 Å². The van der Waals surface area contributed by atoms with Gasteiger partial charge in [0.1, 0.15) is 0 Å². The molecule has 166 valence electrons. The van der Waals surface area contributed by atoms with Gasteiger partial charge in [0.05, 0.1) is 11.6 Å². The Hall–Kier alpha value is -2.97. The summed E-state index contributed by atoms with van der Waals surface area (Å²) in [5, 5.41) is 12.3. The fourth-order valence-electron chi connectivity index (χ4n) is 3.97. The van der Waals surface area contributed by atoms with Crippen molar-refractivity contribution in [1.82, 2.24) is 20.1 Å². The van der Waals surface area contributed by atoms with E-state index in [2.05, 4.69) is 36.4 Å². The molecule has 1 N–H and O–H groups in total. The fourth-order valence-corrected chi connectivity index (χ4v) is 4.78. The first kappa shape index (κ1) is 22.2. The lowest BCUT2D eigenvalue weighted by molar-refractivity contribution is -0.117. The van der Waals surface area contributed by atoms with Crippen LogP contribution in [0, 0.1) is 0 Å². The van der Waals surface area contributed by atoms with Gasteiger partial charge in [0.15, 0.2) is 5.82 Å². The van der Waals surface area contributed by atoms with Crippen LogP contribution in [0.4, 0.5) is 11.5 Å². The number of thioether (sulfide) groups is 1. The molecular weight excluding hydrogens is 420 g/mol. The van der Waals surface area contributed by atoms with Crippen LogP contribution in [0.5, 0.6) is 0 Å². The number of pyridine rings is 1. The topological polar surface area (TPSA) is 74.2 Å². The highest BCUT2D eigenvalue weighted by atomic mass is 32.2. The van der Waals surface area contributed by atoms with Gasteiger partial charge in [-0.3, -0.25) is 9.69 Å². The van der Waals surface area contributed by atoms with Crippen molar-refractivity contribution >= 4 is 29.2 Å². The zero-order chi connectivity index (χ0) is 22.2. The number of anilines is 2. The molecule has 32 heavy (non-hydrogen) atoms. The molecule has 3 heterocycles. The van der Waals surface area contributed by atoms with Crippen molar-refractivity contribution in [2.75, 3.05) is 36.9 Å². The maximum atomic E-state index is 12.6. The number of rotatable bonds is 9. The number of nitrogens with one attached hydrogen (secondary N) is 1. The van der Waals surface area contributed by atoms with E-state index in [1.54, 1.807) is 24.2 Å². The Morgan fingerprint density at radius 1 is 1.19 bits per heavy atom. The summed E-state index contributed by atoms with van der Waals surface area (Å²) >= 11 is 1.68. The molecule has 0 radical (unpaired) electrons. The van der Waals surface area contributed by atoms with Crippen LogP contribution < -0.4 is 10.2 Å². The van der Waals surface area contributed by atoms with Crippen LogP contribution in [0.1, 0.15) is 18.4 Å². The molecule has 8 heteroatoms. The number of hydrogen-bond acceptors (Lipinski definition) is 7. The molecule has 1 saturated heterocycles. The first-order chi connectivity index (χ1) is 15.7. The molecule has 1 fully saturated rings. The molecule has 1 amide bonds. The van der Waals surface area contributed by atoms with Crippen LogP contribution in [-0.4, -0.2) is 58.7 Å². The third kappa shape index (κ3) is 6.27. The number of aromatic nitrogens is 3. The Balaban J connectivity index is 1.27. The Bertz CT molecular complexity index is 1000. The minimum absolute atomic E-state index is 0.00826. The lowest BCUT2D eigenvalue weighted by Crippen LogP contribution is -2.42. The summed E-state index contributed by atoms with van der Waals surface area (Å²) in [5.74, 6) is 1.71. The Kier molecular flexibility index (Phi) is 7.68. The van der Waals surface area contributed by atoms with Crippen molar-refractivity contribution in [2.24, 2.45) is 0 Å². The van der Waals surface area contributed by atoms with Gasteiger partial charge in [0, 0.05) is 43.0 Å². The summed E-state index contributed by atoms with van der Waals surface area (Å²) < 4.78 is 0. The van der Waals surface area contributed by atoms with E-state index < -0.39 is 0 Å². The van der Waals surface area contributed by atoms with Gasteiger partial charge in [-0.25, -0.2) is 4.98 Å². The molecule has 0 bridgehead atoms. The standard InChI is InChI=1S/C24H28N6OS/c1-29(16-21-9-6-14-30(21)22-10-5-13-26-28-22)17-23(31)27-20-8-4-7-19(15-20)18-32-24-11-2-3-12-25-24/h2-5,7-8,10-13,15,21H,6,9,14,16-18H2,1H3,(H,27,31). The van der Waals surface area contributed by atoms with Crippen molar-refractivity contribution in [1.29, 1.82) is 0 Å². The van der Waals surface area contributed by atoms with Crippen LogP contribution in [0.25, 0.3) is 0 Å². The highest BCUT2D eigenvalue weighted by molar-refractivity contribution is 7.98. The maximum absolute atomic E-state index is 12.6. The van der Waals surface area contributed by atoms with Crippen LogP contribution in [0.15, 0.2) is 72.0 Å². The minimum Gasteiger partial charge on any atom is -0.351 e. The van der Waals surface area contributed by atoms with Gasteiger partial charge < -0.3 is 10.2 Å². The molecule has 3 aromatic rings. The number of likely N-dealkylation sites (N-methyl/N-ethyl adjacent to an activating group) is 1. The summed E-state index contributed by atoms with van der Waals surface area (Å²) in [5.41, 5.74) is 1.97. The van der Waals surface area contributed by atoms with Gasteiger partial charge >= 0.3 is 0 Å². The molecule has 1 aromatic carbocycles. The van der Waals surface area contributed by atoms with E-state index in [9.17, 15) is 4.79 Å². The van der Waals surface area contributed by atoms with Crippen LogP contribution in [0.2, 0.25) is 0 Å². The lowest BCUT2D eigenvalue weighted by atomic mass is 10.2. The summed E-state index contributed by atoms with van der Waals surface area (Å²) in [6.45, 7) is 2.13. The van der Waals surface area contributed by atoms with Crippen molar-refractivity contribution in [3.63, 3.8) is 0 Å². The van der Waals surface area contributed by atoms with Gasteiger partial charge in [-0.15, -0.1) is 16.9 Å². The third-order valence-corrected chi connectivity index (χ3v) is 6.42. The van der Waals surface area contributed by atoms with E-state index in [1.165, 1.54) is 0 Å². The highest BCUT2D eigenvalue weighted by Crippen LogP contribution is 2.24. The fraction of sp³-hybridized carbons (Fsp3) is 0.333. The number of carbonyl (C=O) groups excluding carboxylic acids is 1. The molecule has 0 spiro atoms. The molecule has 0 saturated carbocycles. The van der Waals surface area contributed by atoms with Gasteiger partial charge in [-0.05, 0) is 61.9 Å². The average molecular weight is 449 g/mol.